The zero-order chi connectivity index (χ0) is 15.6. The summed E-state index contributed by atoms with van der Waals surface area (Å²) in [5.41, 5.74) is 6.42. The third-order valence-corrected chi connectivity index (χ3v) is 4.85. The largest absolute Gasteiger partial charge is 0.492 e. The molecule has 1 aliphatic carbocycles. The van der Waals surface area contributed by atoms with Crippen LogP contribution in [0.5, 0.6) is 5.75 Å². The lowest BCUT2D eigenvalue weighted by molar-refractivity contribution is 0.0962. The van der Waals surface area contributed by atoms with Crippen molar-refractivity contribution >= 4 is 27.9 Å². The molecule has 0 atom stereocenters. The molecule has 0 saturated heterocycles. The molecule has 0 aliphatic heterocycles. The average Bonchev–Trinajstić information content (AvgIpc) is 3.23. The van der Waals surface area contributed by atoms with Crippen molar-refractivity contribution in [3.8, 4) is 5.75 Å². The van der Waals surface area contributed by atoms with E-state index >= 15 is 0 Å². The Balaban J connectivity index is 2.24. The van der Waals surface area contributed by atoms with E-state index in [9.17, 15) is 4.79 Å². The van der Waals surface area contributed by atoms with E-state index in [4.69, 9.17) is 10.5 Å². The Labute approximate surface area is 129 Å². The molecule has 21 heavy (non-hydrogen) atoms. The minimum atomic E-state index is -0.201. The fourth-order valence-corrected chi connectivity index (χ4v) is 3.50. The number of ether oxygens (including phenoxy) is 1. The first-order valence-corrected chi connectivity index (χ1v) is 7.86. The van der Waals surface area contributed by atoms with Crippen molar-refractivity contribution in [3.05, 3.63) is 17.5 Å². The molecule has 4 N–H and O–H groups in total. The van der Waals surface area contributed by atoms with Gasteiger partial charge in [0.15, 0.2) is 5.75 Å². The number of hydrogen-bond acceptors (Lipinski definition) is 5. The number of anilines is 2. The van der Waals surface area contributed by atoms with E-state index in [1.165, 1.54) is 24.2 Å². The minimum Gasteiger partial charge on any atom is -0.492 e. The molecule has 1 amide bonds. The van der Waals surface area contributed by atoms with Crippen LogP contribution in [-0.4, -0.2) is 25.1 Å². The number of nitrogens with one attached hydrogen (secondary N) is 2. The van der Waals surface area contributed by atoms with E-state index in [1.54, 1.807) is 13.2 Å². The standard InChI is InChI=1S/C15H23N3O2S/c1-5-8-17-13(19)12-10(16)11(20-4)14(21-12)18-15(2,3)9-6-7-9/h5,9,18H,1,6-8,16H2,2-4H3,(H,17,19). The van der Waals surface area contributed by atoms with E-state index in [-0.39, 0.29) is 11.4 Å². The number of amides is 1. The minimum absolute atomic E-state index is 0.0283. The van der Waals surface area contributed by atoms with Crippen LogP contribution in [0.3, 0.4) is 0 Å². The first-order valence-electron chi connectivity index (χ1n) is 7.04. The Hall–Kier alpha value is -1.69. The Morgan fingerprint density at radius 1 is 1.57 bits per heavy atom. The van der Waals surface area contributed by atoms with Gasteiger partial charge in [0.25, 0.3) is 5.91 Å². The van der Waals surface area contributed by atoms with Gasteiger partial charge in [-0.15, -0.1) is 17.9 Å². The Morgan fingerprint density at radius 3 is 2.76 bits per heavy atom. The highest BCUT2D eigenvalue weighted by Gasteiger charge is 2.39. The third kappa shape index (κ3) is 3.32. The summed E-state index contributed by atoms with van der Waals surface area (Å²) in [6.07, 6.45) is 4.10. The topological polar surface area (TPSA) is 76.4 Å². The van der Waals surface area contributed by atoms with Crippen molar-refractivity contribution in [2.24, 2.45) is 5.92 Å². The molecule has 116 valence electrons. The van der Waals surface area contributed by atoms with E-state index in [0.717, 1.165) is 5.00 Å². The number of thiophene rings is 1. The second-order valence-electron chi connectivity index (χ2n) is 5.83. The molecule has 1 saturated carbocycles. The Bertz CT molecular complexity index is 547. The van der Waals surface area contributed by atoms with E-state index < -0.39 is 0 Å². The van der Waals surface area contributed by atoms with Crippen LogP contribution in [0.25, 0.3) is 0 Å². The molecule has 0 bridgehead atoms. The maximum absolute atomic E-state index is 12.1. The fraction of sp³-hybridized carbons (Fsp3) is 0.533. The van der Waals surface area contributed by atoms with Gasteiger partial charge in [-0.05, 0) is 32.6 Å². The van der Waals surface area contributed by atoms with Crippen LogP contribution in [0.4, 0.5) is 10.7 Å². The molecule has 2 rings (SSSR count). The summed E-state index contributed by atoms with van der Waals surface area (Å²) in [6, 6.07) is 0. The lowest BCUT2D eigenvalue weighted by Gasteiger charge is -2.27. The van der Waals surface area contributed by atoms with Gasteiger partial charge in [0.2, 0.25) is 0 Å². The predicted octanol–water partition coefficient (Wildman–Crippen LogP) is 2.86. The lowest BCUT2D eigenvalue weighted by atomic mass is 9.99. The number of rotatable bonds is 7. The second-order valence-corrected chi connectivity index (χ2v) is 6.85. The number of hydrogen-bond donors (Lipinski definition) is 3. The molecule has 1 heterocycles. The molecule has 6 heteroatoms. The number of carbonyl (C=O) groups is 1. The quantitative estimate of drug-likeness (QED) is 0.677. The van der Waals surface area contributed by atoms with Crippen molar-refractivity contribution in [3.63, 3.8) is 0 Å². The second kappa shape index (κ2) is 5.97. The lowest BCUT2D eigenvalue weighted by Crippen LogP contribution is -2.32. The molecule has 1 fully saturated rings. The number of nitrogens with two attached hydrogens (primary N) is 1. The average molecular weight is 309 g/mol. The van der Waals surface area contributed by atoms with Crippen LogP contribution >= 0.6 is 11.3 Å². The van der Waals surface area contributed by atoms with Crippen LogP contribution in [0.2, 0.25) is 0 Å². The predicted molar refractivity (Wildman–Crippen MR) is 88.2 cm³/mol. The molecule has 0 aromatic carbocycles. The molecule has 0 radical (unpaired) electrons. The summed E-state index contributed by atoms with van der Waals surface area (Å²) in [7, 11) is 1.57. The summed E-state index contributed by atoms with van der Waals surface area (Å²) in [6.45, 7) is 8.32. The van der Waals surface area contributed by atoms with Crippen molar-refractivity contribution < 1.29 is 9.53 Å². The summed E-state index contributed by atoms with van der Waals surface area (Å²) in [5, 5.41) is 7.04. The highest BCUT2D eigenvalue weighted by atomic mass is 32.1. The maximum Gasteiger partial charge on any atom is 0.263 e. The van der Waals surface area contributed by atoms with Gasteiger partial charge in [0.1, 0.15) is 15.6 Å². The van der Waals surface area contributed by atoms with Gasteiger partial charge >= 0.3 is 0 Å². The number of nitrogen functional groups attached to an aromatic ring is 1. The molecule has 0 spiro atoms. The smallest absolute Gasteiger partial charge is 0.263 e. The molecular formula is C15H23N3O2S. The summed E-state index contributed by atoms with van der Waals surface area (Å²) in [5.74, 6) is 1.01. The zero-order valence-corrected chi connectivity index (χ0v) is 13.6. The van der Waals surface area contributed by atoms with Crippen LogP contribution in [-0.2, 0) is 0 Å². The van der Waals surface area contributed by atoms with Crippen LogP contribution in [0.15, 0.2) is 12.7 Å². The van der Waals surface area contributed by atoms with Gasteiger partial charge in [-0.3, -0.25) is 4.79 Å². The zero-order valence-electron chi connectivity index (χ0n) is 12.8. The van der Waals surface area contributed by atoms with Gasteiger partial charge in [-0.25, -0.2) is 0 Å². The monoisotopic (exact) mass is 309 g/mol. The summed E-state index contributed by atoms with van der Waals surface area (Å²) >= 11 is 1.33. The van der Waals surface area contributed by atoms with Gasteiger partial charge in [-0.2, -0.15) is 0 Å². The first kappa shape index (κ1) is 15.7. The molecule has 5 nitrogen and oxygen atoms in total. The highest BCUT2D eigenvalue weighted by molar-refractivity contribution is 7.19. The summed E-state index contributed by atoms with van der Waals surface area (Å²) in [4.78, 5) is 12.6. The van der Waals surface area contributed by atoms with E-state index in [1.807, 2.05) is 0 Å². The Kier molecular flexibility index (Phi) is 4.46. The third-order valence-electron chi connectivity index (χ3n) is 3.75. The highest BCUT2D eigenvalue weighted by Crippen LogP contribution is 2.47. The SMILES string of the molecule is C=CCNC(=O)c1sc(NC(C)(C)C2CC2)c(OC)c1N. The molecular weight excluding hydrogens is 286 g/mol. The van der Waals surface area contributed by atoms with Crippen LogP contribution in [0.1, 0.15) is 36.4 Å². The van der Waals surface area contributed by atoms with E-state index in [0.29, 0.717) is 28.8 Å². The van der Waals surface area contributed by atoms with Crippen molar-refractivity contribution in [1.29, 1.82) is 0 Å². The fourth-order valence-electron chi connectivity index (χ4n) is 2.33. The molecule has 0 unspecified atom stereocenters. The normalized spacial score (nSPS) is 14.6. The maximum atomic E-state index is 12.1. The number of carbonyl (C=O) groups excluding carboxylic acids is 1. The van der Waals surface area contributed by atoms with Crippen molar-refractivity contribution in [2.75, 3.05) is 24.7 Å². The first-order chi connectivity index (χ1) is 9.90. The van der Waals surface area contributed by atoms with Gasteiger partial charge in [0, 0.05) is 12.1 Å². The van der Waals surface area contributed by atoms with Crippen LogP contribution in [0, 0.1) is 5.92 Å². The van der Waals surface area contributed by atoms with Crippen molar-refractivity contribution in [1.82, 2.24) is 5.32 Å². The van der Waals surface area contributed by atoms with E-state index in [2.05, 4.69) is 31.1 Å². The van der Waals surface area contributed by atoms with Crippen molar-refractivity contribution in [2.45, 2.75) is 32.2 Å². The van der Waals surface area contributed by atoms with Gasteiger partial charge < -0.3 is 21.1 Å². The van der Waals surface area contributed by atoms with Gasteiger partial charge in [0.05, 0.1) is 7.11 Å². The number of methoxy groups -OCH3 is 1. The molecule has 1 aliphatic rings. The Morgan fingerprint density at radius 2 is 2.24 bits per heavy atom. The molecule has 1 aromatic heterocycles. The summed E-state index contributed by atoms with van der Waals surface area (Å²) < 4.78 is 5.38. The van der Waals surface area contributed by atoms with Gasteiger partial charge in [-0.1, -0.05) is 6.08 Å². The van der Waals surface area contributed by atoms with Crippen LogP contribution < -0.4 is 21.1 Å². The molecule has 1 aromatic rings.